The maximum Gasteiger partial charge on any atom is 0.306 e. The minimum Gasteiger partial charge on any atom is -0.462 e. The van der Waals surface area contributed by atoms with E-state index in [0.29, 0.717) is 19.3 Å². The fraction of sp³-hybridized carbons (Fsp3) is 0.948. The number of esters is 3. The molecule has 0 unspecified atom stereocenters. The first-order valence-electron chi connectivity index (χ1n) is 29.0. The van der Waals surface area contributed by atoms with E-state index in [1.165, 1.54) is 238 Å². The number of hydrogen-bond donors (Lipinski definition) is 0. The number of carbonyl (C=O) groups is 3. The lowest BCUT2D eigenvalue weighted by molar-refractivity contribution is -0.167. The number of hydrogen-bond acceptors (Lipinski definition) is 6. The van der Waals surface area contributed by atoms with E-state index in [0.717, 1.165) is 57.8 Å². The van der Waals surface area contributed by atoms with Crippen LogP contribution in [0.25, 0.3) is 0 Å². The predicted molar refractivity (Wildman–Crippen MR) is 275 cm³/mol. The van der Waals surface area contributed by atoms with Crippen LogP contribution in [-0.2, 0) is 28.6 Å². The summed E-state index contributed by atoms with van der Waals surface area (Å²) in [6.07, 6.45) is 59.5. The zero-order chi connectivity index (χ0) is 46.5. The minimum atomic E-state index is -0.760. The monoisotopic (exact) mass is 905 g/mol. The summed E-state index contributed by atoms with van der Waals surface area (Å²) in [5.74, 6) is -0.832. The third kappa shape index (κ3) is 51.4. The molecular formula is C58H112O6. The highest BCUT2D eigenvalue weighted by atomic mass is 16.6. The average Bonchev–Trinajstić information content (AvgIpc) is 3.29. The van der Waals surface area contributed by atoms with Crippen molar-refractivity contribution in [1.82, 2.24) is 0 Å². The van der Waals surface area contributed by atoms with Crippen molar-refractivity contribution < 1.29 is 28.6 Å². The Morgan fingerprint density at radius 1 is 0.250 bits per heavy atom. The molecule has 0 aliphatic heterocycles. The van der Waals surface area contributed by atoms with Gasteiger partial charge in [0.25, 0.3) is 0 Å². The van der Waals surface area contributed by atoms with Gasteiger partial charge < -0.3 is 14.2 Å². The largest absolute Gasteiger partial charge is 0.462 e. The van der Waals surface area contributed by atoms with Crippen LogP contribution in [0.1, 0.15) is 335 Å². The topological polar surface area (TPSA) is 78.9 Å². The molecular weight excluding hydrogens is 793 g/mol. The Balaban J connectivity index is 4.27. The lowest BCUT2D eigenvalue weighted by Gasteiger charge is -2.18. The van der Waals surface area contributed by atoms with Gasteiger partial charge >= 0.3 is 17.9 Å². The molecule has 64 heavy (non-hydrogen) atoms. The second kappa shape index (κ2) is 54.0. The van der Waals surface area contributed by atoms with Crippen molar-refractivity contribution in [3.05, 3.63) is 0 Å². The Morgan fingerprint density at radius 3 is 0.625 bits per heavy atom. The van der Waals surface area contributed by atoms with Crippen LogP contribution < -0.4 is 0 Å². The van der Waals surface area contributed by atoms with Gasteiger partial charge in [-0.1, -0.05) is 297 Å². The summed E-state index contributed by atoms with van der Waals surface area (Å²) in [7, 11) is 0. The molecule has 0 aromatic heterocycles. The number of rotatable bonds is 54. The van der Waals surface area contributed by atoms with Crippen LogP contribution in [0.15, 0.2) is 0 Å². The Hall–Kier alpha value is -1.59. The van der Waals surface area contributed by atoms with Crippen molar-refractivity contribution in [3.63, 3.8) is 0 Å². The molecule has 0 saturated carbocycles. The summed E-state index contributed by atoms with van der Waals surface area (Å²) < 4.78 is 16.9. The quantitative estimate of drug-likeness (QED) is 0.0344. The average molecular weight is 906 g/mol. The van der Waals surface area contributed by atoms with Crippen molar-refractivity contribution in [2.75, 3.05) is 13.2 Å². The first kappa shape index (κ1) is 62.4. The summed E-state index contributed by atoms with van der Waals surface area (Å²) in [6.45, 7) is 6.71. The zero-order valence-electron chi connectivity index (χ0n) is 43.6. The first-order valence-corrected chi connectivity index (χ1v) is 29.0. The van der Waals surface area contributed by atoms with Gasteiger partial charge in [0, 0.05) is 19.3 Å². The molecule has 0 bridgehead atoms. The standard InChI is InChI=1S/C58H112O6/c1-4-7-10-13-16-19-22-25-27-28-29-31-33-36-39-42-45-48-51-57(60)63-54-55(53-62-56(59)50-47-44-41-38-35-32-24-21-18-15-12-9-6-3)64-58(61)52-49-46-43-40-37-34-30-26-23-20-17-14-11-8-5-2/h55H,4-54H2,1-3H3/t55-/m1/s1. The maximum atomic E-state index is 12.8. The van der Waals surface area contributed by atoms with Crippen LogP contribution in [0.2, 0.25) is 0 Å². The van der Waals surface area contributed by atoms with Gasteiger partial charge in [-0.3, -0.25) is 14.4 Å². The molecule has 0 spiro atoms. The van der Waals surface area contributed by atoms with Crippen molar-refractivity contribution in [3.8, 4) is 0 Å². The van der Waals surface area contributed by atoms with Gasteiger partial charge in [0.05, 0.1) is 0 Å². The fourth-order valence-electron chi connectivity index (χ4n) is 8.98. The molecule has 6 heteroatoms. The minimum absolute atomic E-state index is 0.0610. The predicted octanol–water partition coefficient (Wildman–Crippen LogP) is 19.2. The van der Waals surface area contributed by atoms with Crippen LogP contribution >= 0.6 is 0 Å². The number of carbonyl (C=O) groups excluding carboxylic acids is 3. The van der Waals surface area contributed by atoms with Gasteiger partial charge in [-0.15, -0.1) is 0 Å². The Kier molecular flexibility index (Phi) is 52.7. The third-order valence-electron chi connectivity index (χ3n) is 13.4. The normalized spacial score (nSPS) is 11.9. The van der Waals surface area contributed by atoms with E-state index in [9.17, 15) is 14.4 Å². The van der Waals surface area contributed by atoms with Gasteiger partial charge in [-0.2, -0.15) is 0 Å². The Labute approximate surface area is 399 Å². The van der Waals surface area contributed by atoms with E-state index in [2.05, 4.69) is 20.8 Å². The van der Waals surface area contributed by atoms with Crippen molar-refractivity contribution >= 4 is 17.9 Å². The highest BCUT2D eigenvalue weighted by molar-refractivity contribution is 5.71. The van der Waals surface area contributed by atoms with Gasteiger partial charge in [-0.05, 0) is 19.3 Å². The van der Waals surface area contributed by atoms with Gasteiger partial charge in [-0.25, -0.2) is 0 Å². The summed E-state index contributed by atoms with van der Waals surface area (Å²) in [5.41, 5.74) is 0. The summed E-state index contributed by atoms with van der Waals surface area (Å²) in [5, 5.41) is 0. The molecule has 0 fully saturated rings. The van der Waals surface area contributed by atoms with E-state index in [4.69, 9.17) is 14.2 Å². The number of ether oxygens (including phenoxy) is 3. The van der Waals surface area contributed by atoms with Crippen molar-refractivity contribution in [2.24, 2.45) is 0 Å². The summed E-state index contributed by atoms with van der Waals surface area (Å²) >= 11 is 0. The molecule has 0 saturated heterocycles. The molecule has 0 aromatic rings. The van der Waals surface area contributed by atoms with E-state index in [1.807, 2.05) is 0 Å². The van der Waals surface area contributed by atoms with Crippen LogP contribution in [0.3, 0.4) is 0 Å². The molecule has 0 aliphatic carbocycles. The zero-order valence-corrected chi connectivity index (χ0v) is 43.6. The highest BCUT2D eigenvalue weighted by Gasteiger charge is 2.19. The Bertz CT molecular complexity index is 951. The highest BCUT2D eigenvalue weighted by Crippen LogP contribution is 2.18. The van der Waals surface area contributed by atoms with E-state index >= 15 is 0 Å². The van der Waals surface area contributed by atoms with Gasteiger partial charge in [0.15, 0.2) is 6.10 Å². The van der Waals surface area contributed by atoms with Gasteiger partial charge in [0.1, 0.15) is 13.2 Å². The van der Waals surface area contributed by atoms with Crippen molar-refractivity contribution in [1.29, 1.82) is 0 Å². The van der Waals surface area contributed by atoms with Crippen molar-refractivity contribution in [2.45, 2.75) is 341 Å². The molecule has 0 rings (SSSR count). The van der Waals surface area contributed by atoms with Crippen LogP contribution in [0.5, 0.6) is 0 Å². The SMILES string of the molecule is CCCCCCCCCCCCCCCCCCCCC(=O)OC[C@@H](COC(=O)CCCCCCCCCCCCCCC)OC(=O)CCCCCCCCCCCCCCCCC. The molecule has 1 atom stereocenters. The third-order valence-corrected chi connectivity index (χ3v) is 13.4. The van der Waals surface area contributed by atoms with E-state index in [-0.39, 0.29) is 31.1 Å². The lowest BCUT2D eigenvalue weighted by Crippen LogP contribution is -2.30. The van der Waals surface area contributed by atoms with Crippen LogP contribution in [0.4, 0.5) is 0 Å². The van der Waals surface area contributed by atoms with Gasteiger partial charge in [0.2, 0.25) is 0 Å². The van der Waals surface area contributed by atoms with E-state index in [1.54, 1.807) is 0 Å². The molecule has 0 radical (unpaired) electrons. The smallest absolute Gasteiger partial charge is 0.306 e. The molecule has 0 N–H and O–H groups in total. The fourth-order valence-corrected chi connectivity index (χ4v) is 8.98. The molecule has 0 heterocycles. The van der Waals surface area contributed by atoms with E-state index < -0.39 is 6.10 Å². The number of unbranched alkanes of at least 4 members (excludes halogenated alkanes) is 43. The molecule has 380 valence electrons. The van der Waals surface area contributed by atoms with Crippen LogP contribution in [-0.4, -0.2) is 37.2 Å². The molecule has 6 nitrogen and oxygen atoms in total. The Morgan fingerprint density at radius 2 is 0.422 bits per heavy atom. The lowest BCUT2D eigenvalue weighted by atomic mass is 10.0. The summed E-state index contributed by atoms with van der Waals surface area (Å²) in [4.78, 5) is 38.1. The molecule has 0 aliphatic rings. The molecule has 0 amide bonds. The second-order valence-electron chi connectivity index (χ2n) is 19.9. The first-order chi connectivity index (χ1) is 31.5. The maximum absolute atomic E-state index is 12.8. The van der Waals surface area contributed by atoms with Crippen LogP contribution in [0, 0.1) is 0 Å². The summed E-state index contributed by atoms with van der Waals surface area (Å²) in [6, 6.07) is 0. The second-order valence-corrected chi connectivity index (χ2v) is 19.9. The molecule has 0 aromatic carbocycles.